The van der Waals surface area contributed by atoms with Gasteiger partial charge in [0.15, 0.2) is 0 Å². The van der Waals surface area contributed by atoms with Crippen molar-refractivity contribution in [2.24, 2.45) is 0 Å². The molecule has 30 heavy (non-hydrogen) atoms. The minimum Gasteiger partial charge on any atom is -0.497 e. The highest BCUT2D eigenvalue weighted by atomic mass is 16.5. The van der Waals surface area contributed by atoms with Gasteiger partial charge in [-0.05, 0) is 71.2 Å². The Labute approximate surface area is 179 Å². The number of nitrogens with zero attached hydrogens (tertiary/aromatic N) is 1. The fourth-order valence-electron chi connectivity index (χ4n) is 5.02. The van der Waals surface area contributed by atoms with E-state index in [1.54, 1.807) is 12.7 Å². The van der Waals surface area contributed by atoms with Crippen LogP contribution in [0.1, 0.15) is 40.7 Å². The second kappa shape index (κ2) is 8.49. The standard InChI is InChI=1S/C28H29NO/c1-30-25-10-6-7-21(19-25)20-29-17-15-24(16-18-29)28-26-11-4-2-8-22(26)13-14-23-9-3-5-12-27(23)28/h2-12,19H,13-18,20H2,1H3. The normalized spacial score (nSPS) is 16.6. The van der Waals surface area contributed by atoms with Gasteiger partial charge in [-0.15, -0.1) is 0 Å². The zero-order valence-electron chi connectivity index (χ0n) is 17.7. The monoisotopic (exact) mass is 395 g/mol. The Morgan fingerprint density at radius 1 is 0.733 bits per heavy atom. The minimum absolute atomic E-state index is 0.944. The Morgan fingerprint density at radius 2 is 1.37 bits per heavy atom. The summed E-state index contributed by atoms with van der Waals surface area (Å²) in [5, 5.41) is 0. The van der Waals surface area contributed by atoms with Crippen LogP contribution in [0.5, 0.6) is 5.75 Å². The van der Waals surface area contributed by atoms with E-state index in [-0.39, 0.29) is 0 Å². The number of hydrogen-bond acceptors (Lipinski definition) is 2. The van der Waals surface area contributed by atoms with E-state index in [2.05, 4.69) is 71.6 Å². The molecule has 0 atom stereocenters. The van der Waals surface area contributed by atoms with Crippen molar-refractivity contribution in [3.8, 4) is 5.75 Å². The summed E-state index contributed by atoms with van der Waals surface area (Å²) in [6.07, 6.45) is 4.54. The average Bonchev–Trinajstić information content (AvgIpc) is 2.97. The van der Waals surface area contributed by atoms with Crippen molar-refractivity contribution >= 4 is 5.57 Å². The van der Waals surface area contributed by atoms with E-state index >= 15 is 0 Å². The summed E-state index contributed by atoms with van der Waals surface area (Å²) >= 11 is 0. The number of fused-ring (bicyclic) bond motifs is 2. The largest absolute Gasteiger partial charge is 0.497 e. The van der Waals surface area contributed by atoms with E-state index in [1.807, 2.05) is 6.07 Å². The van der Waals surface area contributed by atoms with Crippen LogP contribution in [-0.2, 0) is 19.4 Å². The van der Waals surface area contributed by atoms with Crippen molar-refractivity contribution in [3.05, 3.63) is 106 Å². The molecule has 1 fully saturated rings. The highest BCUT2D eigenvalue weighted by Gasteiger charge is 2.23. The van der Waals surface area contributed by atoms with Crippen LogP contribution in [0.4, 0.5) is 0 Å². The first kappa shape index (κ1) is 19.1. The van der Waals surface area contributed by atoms with Gasteiger partial charge in [-0.25, -0.2) is 0 Å². The van der Waals surface area contributed by atoms with Crippen molar-refractivity contribution in [1.82, 2.24) is 4.90 Å². The maximum atomic E-state index is 5.39. The molecule has 0 spiro atoms. The number of aryl methyl sites for hydroxylation is 2. The van der Waals surface area contributed by atoms with Gasteiger partial charge in [0.05, 0.1) is 7.11 Å². The molecule has 0 N–H and O–H groups in total. The van der Waals surface area contributed by atoms with Gasteiger partial charge in [-0.2, -0.15) is 0 Å². The Balaban J connectivity index is 1.43. The average molecular weight is 396 g/mol. The lowest BCUT2D eigenvalue weighted by molar-refractivity contribution is 0.248. The molecule has 0 aromatic heterocycles. The number of likely N-dealkylation sites (tertiary alicyclic amines) is 1. The Bertz CT molecular complexity index is 1020. The molecule has 2 heteroatoms. The van der Waals surface area contributed by atoms with Crippen LogP contribution in [0, 0.1) is 0 Å². The molecular formula is C28H29NO. The molecule has 1 aliphatic carbocycles. The number of ether oxygens (including phenoxy) is 1. The molecule has 0 amide bonds. The van der Waals surface area contributed by atoms with Crippen molar-refractivity contribution < 1.29 is 4.74 Å². The van der Waals surface area contributed by atoms with E-state index in [4.69, 9.17) is 4.74 Å². The third kappa shape index (κ3) is 3.80. The molecule has 0 bridgehead atoms. The Morgan fingerprint density at radius 3 is 2.00 bits per heavy atom. The van der Waals surface area contributed by atoms with Crippen molar-refractivity contribution in [3.63, 3.8) is 0 Å². The van der Waals surface area contributed by atoms with E-state index in [1.165, 1.54) is 33.4 Å². The summed E-state index contributed by atoms with van der Waals surface area (Å²) < 4.78 is 5.39. The number of piperidine rings is 1. The zero-order chi connectivity index (χ0) is 20.3. The van der Waals surface area contributed by atoms with Crippen molar-refractivity contribution in [1.29, 1.82) is 0 Å². The molecule has 1 heterocycles. The van der Waals surface area contributed by atoms with E-state index in [0.717, 1.165) is 51.1 Å². The zero-order valence-corrected chi connectivity index (χ0v) is 17.7. The summed E-state index contributed by atoms with van der Waals surface area (Å²) in [5.74, 6) is 0.944. The number of hydrogen-bond donors (Lipinski definition) is 0. The summed E-state index contributed by atoms with van der Waals surface area (Å²) in [7, 11) is 1.74. The predicted molar refractivity (Wildman–Crippen MR) is 124 cm³/mol. The van der Waals surface area contributed by atoms with Crippen LogP contribution in [0.3, 0.4) is 0 Å². The van der Waals surface area contributed by atoms with Crippen LogP contribution in [0.25, 0.3) is 5.57 Å². The van der Waals surface area contributed by atoms with Crippen molar-refractivity contribution in [2.75, 3.05) is 20.2 Å². The molecule has 152 valence electrons. The molecule has 1 saturated heterocycles. The SMILES string of the molecule is COc1cccc(CN2CCC(=C3c4ccccc4CCc4ccccc43)CC2)c1. The van der Waals surface area contributed by atoms with E-state index in [0.29, 0.717) is 0 Å². The van der Waals surface area contributed by atoms with Gasteiger partial charge in [-0.1, -0.05) is 66.2 Å². The van der Waals surface area contributed by atoms with Crippen LogP contribution in [0.15, 0.2) is 78.4 Å². The Kier molecular flexibility index (Phi) is 5.42. The van der Waals surface area contributed by atoms with E-state index in [9.17, 15) is 0 Å². The highest BCUT2D eigenvalue weighted by molar-refractivity contribution is 5.86. The third-order valence-corrected chi connectivity index (χ3v) is 6.59. The third-order valence-electron chi connectivity index (χ3n) is 6.59. The molecular weight excluding hydrogens is 366 g/mol. The summed E-state index contributed by atoms with van der Waals surface area (Å²) in [4.78, 5) is 2.58. The first-order valence-corrected chi connectivity index (χ1v) is 11.1. The fraction of sp³-hybridized carbons (Fsp3) is 0.286. The van der Waals surface area contributed by atoms with Crippen LogP contribution in [0.2, 0.25) is 0 Å². The lowest BCUT2D eigenvalue weighted by Gasteiger charge is -2.30. The summed E-state index contributed by atoms with van der Waals surface area (Å²) in [6.45, 7) is 3.22. The van der Waals surface area contributed by atoms with Crippen molar-refractivity contribution in [2.45, 2.75) is 32.2 Å². The maximum absolute atomic E-state index is 5.39. The van der Waals surface area contributed by atoms with Gasteiger partial charge in [0, 0.05) is 19.6 Å². The summed E-state index contributed by atoms with van der Waals surface area (Å²) in [6, 6.07) is 26.6. The molecule has 5 rings (SSSR count). The van der Waals surface area contributed by atoms with E-state index < -0.39 is 0 Å². The molecule has 0 saturated carbocycles. The predicted octanol–water partition coefficient (Wildman–Crippen LogP) is 5.89. The fourth-order valence-corrected chi connectivity index (χ4v) is 5.02. The smallest absolute Gasteiger partial charge is 0.119 e. The van der Waals surface area contributed by atoms with Gasteiger partial charge in [0.1, 0.15) is 5.75 Å². The number of rotatable bonds is 3. The lowest BCUT2D eigenvalue weighted by atomic mass is 9.86. The second-order valence-electron chi connectivity index (χ2n) is 8.42. The topological polar surface area (TPSA) is 12.5 Å². The maximum Gasteiger partial charge on any atom is 0.119 e. The first-order chi connectivity index (χ1) is 14.8. The molecule has 0 unspecified atom stereocenters. The number of benzene rings is 3. The van der Waals surface area contributed by atoms with Gasteiger partial charge in [0.2, 0.25) is 0 Å². The molecule has 0 radical (unpaired) electrons. The highest BCUT2D eigenvalue weighted by Crippen LogP contribution is 2.38. The second-order valence-corrected chi connectivity index (χ2v) is 8.42. The summed E-state index contributed by atoms with van der Waals surface area (Å²) in [5.41, 5.74) is 10.4. The lowest BCUT2D eigenvalue weighted by Crippen LogP contribution is -2.30. The van der Waals surface area contributed by atoms with Crippen LogP contribution >= 0.6 is 0 Å². The van der Waals surface area contributed by atoms with Gasteiger partial charge in [0.25, 0.3) is 0 Å². The quantitative estimate of drug-likeness (QED) is 0.548. The van der Waals surface area contributed by atoms with Gasteiger partial charge >= 0.3 is 0 Å². The molecule has 2 nitrogen and oxygen atoms in total. The Hall–Kier alpha value is -2.84. The van der Waals surface area contributed by atoms with Gasteiger partial charge in [-0.3, -0.25) is 4.90 Å². The molecule has 2 aliphatic rings. The number of methoxy groups -OCH3 is 1. The van der Waals surface area contributed by atoms with Crippen LogP contribution < -0.4 is 4.74 Å². The van der Waals surface area contributed by atoms with Crippen LogP contribution in [-0.4, -0.2) is 25.1 Å². The minimum atomic E-state index is 0.944. The van der Waals surface area contributed by atoms with Gasteiger partial charge < -0.3 is 4.74 Å². The molecule has 1 aliphatic heterocycles. The molecule has 3 aromatic rings. The first-order valence-electron chi connectivity index (χ1n) is 11.1. The molecule has 3 aromatic carbocycles.